The summed E-state index contributed by atoms with van der Waals surface area (Å²) < 4.78 is 2.11. The molecule has 1 aromatic heterocycles. The second-order valence-corrected chi connectivity index (χ2v) is 6.60. The third-order valence-electron chi connectivity index (χ3n) is 3.57. The third-order valence-corrected chi connectivity index (χ3v) is 4.64. The zero-order chi connectivity index (χ0) is 15.4. The third kappa shape index (κ3) is 3.76. The highest BCUT2D eigenvalue weighted by molar-refractivity contribution is 8.00. The lowest BCUT2D eigenvalue weighted by Crippen LogP contribution is -2.34. The summed E-state index contributed by atoms with van der Waals surface area (Å²) in [6.07, 6.45) is 2.74. The number of carbonyl (C=O) groups is 1. The SMILES string of the molecule is CCn1c(S[C@@H](C)C(=O)N(C)CCC#N)nnc1C1CC1. The number of hydrogen-bond donors (Lipinski definition) is 0. The van der Waals surface area contributed by atoms with E-state index in [1.807, 2.05) is 6.92 Å². The van der Waals surface area contributed by atoms with E-state index in [1.54, 1.807) is 11.9 Å². The Balaban J connectivity index is 2.00. The van der Waals surface area contributed by atoms with Gasteiger partial charge in [0.05, 0.1) is 17.7 Å². The van der Waals surface area contributed by atoms with Crippen LogP contribution in [0.25, 0.3) is 0 Å². The van der Waals surface area contributed by atoms with Gasteiger partial charge in [-0.05, 0) is 26.7 Å². The van der Waals surface area contributed by atoms with E-state index in [2.05, 4.69) is 27.8 Å². The van der Waals surface area contributed by atoms with Crippen molar-refractivity contribution in [1.82, 2.24) is 19.7 Å². The Labute approximate surface area is 129 Å². The molecule has 21 heavy (non-hydrogen) atoms. The molecule has 0 saturated heterocycles. The van der Waals surface area contributed by atoms with Crippen molar-refractivity contribution < 1.29 is 4.79 Å². The first kappa shape index (κ1) is 15.8. The average Bonchev–Trinajstić information content (AvgIpc) is 3.25. The van der Waals surface area contributed by atoms with Crippen LogP contribution in [-0.4, -0.2) is 44.4 Å². The number of amides is 1. The number of aromatic nitrogens is 3. The predicted molar refractivity (Wildman–Crippen MR) is 80.9 cm³/mol. The average molecular weight is 307 g/mol. The van der Waals surface area contributed by atoms with Crippen LogP contribution < -0.4 is 0 Å². The number of hydrogen-bond acceptors (Lipinski definition) is 5. The Hall–Kier alpha value is -1.55. The van der Waals surface area contributed by atoms with Crippen molar-refractivity contribution in [3.63, 3.8) is 0 Å². The zero-order valence-corrected chi connectivity index (χ0v) is 13.6. The first-order valence-electron chi connectivity index (χ1n) is 7.30. The van der Waals surface area contributed by atoms with Gasteiger partial charge in [0, 0.05) is 26.1 Å². The summed E-state index contributed by atoms with van der Waals surface area (Å²) in [4.78, 5) is 13.9. The molecular formula is C14H21N5OS. The molecule has 114 valence electrons. The van der Waals surface area contributed by atoms with E-state index < -0.39 is 0 Å². The molecular weight excluding hydrogens is 286 g/mol. The molecule has 0 unspecified atom stereocenters. The molecule has 1 aliphatic carbocycles. The van der Waals surface area contributed by atoms with Crippen molar-refractivity contribution in [3.8, 4) is 6.07 Å². The maximum absolute atomic E-state index is 12.2. The molecule has 2 rings (SSSR count). The molecule has 1 fully saturated rings. The van der Waals surface area contributed by atoms with Gasteiger partial charge in [0.25, 0.3) is 0 Å². The van der Waals surface area contributed by atoms with Crippen LogP contribution in [0.3, 0.4) is 0 Å². The van der Waals surface area contributed by atoms with E-state index in [-0.39, 0.29) is 11.2 Å². The molecule has 1 atom stereocenters. The standard InChI is InChI=1S/C14H21N5OS/c1-4-19-12(11-6-7-11)16-17-14(19)21-10(2)13(20)18(3)9-5-8-15/h10-11H,4-7,9H2,1-3H3/t10-/m0/s1. The molecule has 1 aromatic rings. The molecule has 1 heterocycles. The first-order chi connectivity index (χ1) is 10.1. The lowest BCUT2D eigenvalue weighted by Gasteiger charge is -2.19. The van der Waals surface area contributed by atoms with Crippen molar-refractivity contribution in [1.29, 1.82) is 5.26 Å². The van der Waals surface area contributed by atoms with Crippen molar-refractivity contribution in [2.24, 2.45) is 0 Å². The lowest BCUT2D eigenvalue weighted by atomic mass is 10.3. The van der Waals surface area contributed by atoms with Gasteiger partial charge in [-0.15, -0.1) is 10.2 Å². The van der Waals surface area contributed by atoms with Gasteiger partial charge in [0.15, 0.2) is 5.16 Å². The summed E-state index contributed by atoms with van der Waals surface area (Å²) in [6.45, 7) is 5.24. The van der Waals surface area contributed by atoms with Crippen LogP contribution in [0, 0.1) is 11.3 Å². The number of carbonyl (C=O) groups excluding carboxylic acids is 1. The summed E-state index contributed by atoms with van der Waals surface area (Å²) in [5.74, 6) is 1.63. The number of nitrogens with zero attached hydrogens (tertiary/aromatic N) is 5. The topological polar surface area (TPSA) is 74.8 Å². The highest BCUT2D eigenvalue weighted by Gasteiger charge is 2.31. The monoisotopic (exact) mass is 307 g/mol. The van der Waals surface area contributed by atoms with Crippen LogP contribution in [0.2, 0.25) is 0 Å². The number of rotatable bonds is 7. The summed E-state index contributed by atoms with van der Waals surface area (Å²) in [5.41, 5.74) is 0. The Morgan fingerprint density at radius 3 is 2.86 bits per heavy atom. The quantitative estimate of drug-likeness (QED) is 0.720. The fourth-order valence-corrected chi connectivity index (χ4v) is 3.21. The van der Waals surface area contributed by atoms with E-state index in [9.17, 15) is 4.79 Å². The molecule has 0 radical (unpaired) electrons. The largest absolute Gasteiger partial charge is 0.344 e. The molecule has 1 saturated carbocycles. The second kappa shape index (κ2) is 6.94. The zero-order valence-electron chi connectivity index (χ0n) is 12.7. The van der Waals surface area contributed by atoms with E-state index in [0.717, 1.165) is 17.5 Å². The van der Waals surface area contributed by atoms with E-state index >= 15 is 0 Å². The maximum Gasteiger partial charge on any atom is 0.235 e. The molecule has 1 amide bonds. The summed E-state index contributed by atoms with van der Waals surface area (Å²) in [5, 5.41) is 17.7. The van der Waals surface area contributed by atoms with Gasteiger partial charge < -0.3 is 9.47 Å². The molecule has 0 spiro atoms. The molecule has 0 bridgehead atoms. The van der Waals surface area contributed by atoms with Crippen LogP contribution >= 0.6 is 11.8 Å². The van der Waals surface area contributed by atoms with Gasteiger partial charge in [-0.3, -0.25) is 4.79 Å². The number of nitriles is 1. The molecule has 0 aliphatic heterocycles. The molecule has 6 nitrogen and oxygen atoms in total. The normalized spacial score (nSPS) is 15.5. The smallest absolute Gasteiger partial charge is 0.235 e. The maximum atomic E-state index is 12.2. The van der Waals surface area contributed by atoms with Crippen LogP contribution in [0.4, 0.5) is 0 Å². The van der Waals surface area contributed by atoms with Crippen molar-refractivity contribution in [2.45, 2.75) is 56.0 Å². The van der Waals surface area contributed by atoms with Gasteiger partial charge in [-0.1, -0.05) is 11.8 Å². The van der Waals surface area contributed by atoms with Gasteiger partial charge >= 0.3 is 0 Å². The Kier molecular flexibility index (Phi) is 5.23. The minimum absolute atomic E-state index is 0.0221. The van der Waals surface area contributed by atoms with Crippen LogP contribution in [0.5, 0.6) is 0 Å². The minimum atomic E-state index is -0.227. The summed E-state index contributed by atoms with van der Waals surface area (Å²) in [7, 11) is 1.73. The minimum Gasteiger partial charge on any atom is -0.344 e. The van der Waals surface area contributed by atoms with Crippen molar-refractivity contribution in [2.75, 3.05) is 13.6 Å². The Bertz CT molecular complexity index is 546. The highest BCUT2D eigenvalue weighted by Crippen LogP contribution is 2.40. The van der Waals surface area contributed by atoms with Crippen molar-refractivity contribution >= 4 is 17.7 Å². The van der Waals surface area contributed by atoms with E-state index in [0.29, 0.717) is 18.9 Å². The Morgan fingerprint density at radius 1 is 1.57 bits per heavy atom. The van der Waals surface area contributed by atoms with Gasteiger partial charge in [-0.2, -0.15) is 5.26 Å². The van der Waals surface area contributed by atoms with E-state index in [4.69, 9.17) is 5.26 Å². The van der Waals surface area contributed by atoms with Crippen LogP contribution in [0.1, 0.15) is 44.9 Å². The van der Waals surface area contributed by atoms with Crippen molar-refractivity contribution in [3.05, 3.63) is 5.82 Å². The molecule has 0 N–H and O–H groups in total. The molecule has 1 aliphatic rings. The summed E-state index contributed by atoms with van der Waals surface area (Å²) >= 11 is 1.45. The van der Waals surface area contributed by atoms with Crippen LogP contribution in [-0.2, 0) is 11.3 Å². The van der Waals surface area contributed by atoms with E-state index in [1.165, 1.54) is 24.6 Å². The van der Waals surface area contributed by atoms with Gasteiger partial charge in [0.1, 0.15) is 5.82 Å². The first-order valence-corrected chi connectivity index (χ1v) is 8.18. The van der Waals surface area contributed by atoms with Gasteiger partial charge in [-0.25, -0.2) is 0 Å². The summed E-state index contributed by atoms with van der Waals surface area (Å²) in [6, 6.07) is 2.06. The van der Waals surface area contributed by atoms with Crippen LogP contribution in [0.15, 0.2) is 5.16 Å². The lowest BCUT2D eigenvalue weighted by molar-refractivity contribution is -0.128. The molecule has 0 aromatic carbocycles. The Morgan fingerprint density at radius 2 is 2.29 bits per heavy atom. The highest BCUT2D eigenvalue weighted by atomic mass is 32.2. The number of thioether (sulfide) groups is 1. The molecule has 7 heteroatoms. The predicted octanol–water partition coefficient (Wildman–Crippen LogP) is 2.03. The second-order valence-electron chi connectivity index (χ2n) is 5.29. The fraction of sp³-hybridized carbons (Fsp3) is 0.714. The van der Waals surface area contributed by atoms with Gasteiger partial charge in [0.2, 0.25) is 5.91 Å². The fourth-order valence-electron chi connectivity index (χ4n) is 2.17.